The van der Waals surface area contributed by atoms with Crippen LogP contribution in [0.4, 0.5) is 19.3 Å². The van der Waals surface area contributed by atoms with Gasteiger partial charge in [0.05, 0.1) is 5.69 Å². The number of alkyl halides is 2. The lowest BCUT2D eigenvalue weighted by atomic mass is 10.2. The van der Waals surface area contributed by atoms with Crippen LogP contribution in [0.2, 0.25) is 0 Å². The molecule has 0 heterocycles. The van der Waals surface area contributed by atoms with Crippen molar-refractivity contribution in [2.24, 2.45) is 0 Å². The summed E-state index contributed by atoms with van der Waals surface area (Å²) in [6, 6.07) is 3.78. The molecule has 0 saturated carbocycles. The zero-order chi connectivity index (χ0) is 15.8. The van der Waals surface area contributed by atoms with Crippen LogP contribution in [-0.2, 0) is 4.79 Å². The van der Waals surface area contributed by atoms with E-state index in [1.54, 1.807) is 6.92 Å². The normalized spacial score (nSPS) is 11.8. The van der Waals surface area contributed by atoms with Crippen molar-refractivity contribution in [3.8, 4) is 5.75 Å². The second-order valence-corrected chi connectivity index (χ2v) is 4.15. The van der Waals surface area contributed by atoms with E-state index in [2.05, 4.69) is 15.4 Å². The number of carbonyl (C=O) groups excluding carboxylic acids is 1. The van der Waals surface area contributed by atoms with E-state index in [1.807, 2.05) is 0 Å². The van der Waals surface area contributed by atoms with Crippen molar-refractivity contribution in [3.05, 3.63) is 24.3 Å². The lowest BCUT2D eigenvalue weighted by Crippen LogP contribution is -2.42. The molecule has 0 bridgehead atoms. The number of nitrogens with one attached hydrogen (secondary N) is 2. The standard InChI is InChI=1S/C13H16F2N2O4/c1-2-5-9(11(18)19)17-13(20)16-8-6-3-4-7-10(8)21-12(14)15/h3-4,6-7,9,12H,2,5H2,1H3,(H,18,19)(H2,16,17,20). The molecular weight excluding hydrogens is 286 g/mol. The fourth-order valence-corrected chi connectivity index (χ4v) is 1.63. The summed E-state index contributed by atoms with van der Waals surface area (Å²) in [5, 5.41) is 13.5. The van der Waals surface area contributed by atoms with Gasteiger partial charge in [0.1, 0.15) is 11.8 Å². The highest BCUT2D eigenvalue weighted by molar-refractivity contribution is 5.93. The molecule has 1 aromatic rings. The number of carbonyl (C=O) groups is 2. The number of para-hydroxylation sites is 2. The van der Waals surface area contributed by atoms with Gasteiger partial charge in [0, 0.05) is 0 Å². The number of carboxylic acids is 1. The van der Waals surface area contributed by atoms with Gasteiger partial charge < -0.3 is 20.5 Å². The van der Waals surface area contributed by atoms with E-state index in [0.717, 1.165) is 0 Å². The number of anilines is 1. The van der Waals surface area contributed by atoms with Gasteiger partial charge >= 0.3 is 18.6 Å². The molecule has 1 aromatic carbocycles. The van der Waals surface area contributed by atoms with Gasteiger partial charge in [0.15, 0.2) is 0 Å². The number of ether oxygens (including phenoxy) is 1. The molecule has 1 atom stereocenters. The maximum absolute atomic E-state index is 12.2. The summed E-state index contributed by atoms with van der Waals surface area (Å²) in [7, 11) is 0. The third-order valence-corrected chi connectivity index (χ3v) is 2.53. The molecular formula is C13H16F2N2O4. The van der Waals surface area contributed by atoms with Gasteiger partial charge in [-0.05, 0) is 18.6 Å². The second kappa shape index (κ2) is 8.03. The van der Waals surface area contributed by atoms with Crippen molar-refractivity contribution in [3.63, 3.8) is 0 Å². The minimum absolute atomic E-state index is 0.0240. The maximum atomic E-state index is 12.2. The van der Waals surface area contributed by atoms with Gasteiger partial charge in [-0.1, -0.05) is 25.5 Å². The Morgan fingerprint density at radius 3 is 2.57 bits per heavy atom. The van der Waals surface area contributed by atoms with Crippen molar-refractivity contribution >= 4 is 17.7 Å². The monoisotopic (exact) mass is 302 g/mol. The van der Waals surface area contributed by atoms with E-state index in [4.69, 9.17) is 5.11 Å². The highest BCUT2D eigenvalue weighted by atomic mass is 19.3. The fraction of sp³-hybridized carbons (Fsp3) is 0.385. The Hall–Kier alpha value is -2.38. The van der Waals surface area contributed by atoms with Crippen LogP contribution in [0, 0.1) is 0 Å². The Bertz CT molecular complexity index is 497. The first-order valence-electron chi connectivity index (χ1n) is 6.28. The zero-order valence-corrected chi connectivity index (χ0v) is 11.3. The molecule has 6 nitrogen and oxygen atoms in total. The fourth-order valence-electron chi connectivity index (χ4n) is 1.63. The molecule has 0 fully saturated rings. The Morgan fingerprint density at radius 1 is 1.33 bits per heavy atom. The van der Waals surface area contributed by atoms with E-state index in [0.29, 0.717) is 6.42 Å². The summed E-state index contributed by atoms with van der Waals surface area (Å²) < 4.78 is 28.7. The summed E-state index contributed by atoms with van der Waals surface area (Å²) in [6.07, 6.45) is 0.834. The van der Waals surface area contributed by atoms with Gasteiger partial charge in [-0.25, -0.2) is 9.59 Å². The molecule has 0 spiro atoms. The molecule has 0 aliphatic carbocycles. The number of hydrogen-bond acceptors (Lipinski definition) is 3. The highest BCUT2D eigenvalue weighted by Gasteiger charge is 2.19. The highest BCUT2D eigenvalue weighted by Crippen LogP contribution is 2.25. The van der Waals surface area contributed by atoms with Gasteiger partial charge in [0.25, 0.3) is 0 Å². The minimum atomic E-state index is -3.03. The molecule has 0 aliphatic heterocycles. The van der Waals surface area contributed by atoms with Gasteiger partial charge in [-0.3, -0.25) is 0 Å². The number of urea groups is 1. The lowest BCUT2D eigenvalue weighted by Gasteiger charge is -2.16. The maximum Gasteiger partial charge on any atom is 0.387 e. The Morgan fingerprint density at radius 2 is 2.00 bits per heavy atom. The van der Waals surface area contributed by atoms with E-state index in [-0.39, 0.29) is 17.9 Å². The third kappa shape index (κ3) is 5.64. The molecule has 0 radical (unpaired) electrons. The summed E-state index contributed by atoms with van der Waals surface area (Å²) in [5.41, 5.74) is 0.0240. The summed E-state index contributed by atoms with van der Waals surface area (Å²) in [5.74, 6) is -1.37. The van der Waals surface area contributed by atoms with Crippen LogP contribution < -0.4 is 15.4 Å². The SMILES string of the molecule is CCCC(NC(=O)Nc1ccccc1OC(F)F)C(=O)O. The molecule has 2 amide bonds. The van der Waals surface area contributed by atoms with Crippen LogP contribution >= 0.6 is 0 Å². The number of amides is 2. The summed E-state index contributed by atoms with van der Waals surface area (Å²) in [4.78, 5) is 22.6. The first-order valence-corrected chi connectivity index (χ1v) is 6.28. The number of rotatable bonds is 7. The van der Waals surface area contributed by atoms with E-state index in [9.17, 15) is 18.4 Å². The van der Waals surface area contributed by atoms with Gasteiger partial charge in [-0.2, -0.15) is 8.78 Å². The first-order chi connectivity index (χ1) is 9.93. The lowest BCUT2D eigenvalue weighted by molar-refractivity contribution is -0.139. The molecule has 21 heavy (non-hydrogen) atoms. The van der Waals surface area contributed by atoms with Crippen LogP contribution in [0.15, 0.2) is 24.3 Å². The van der Waals surface area contributed by atoms with E-state index < -0.39 is 24.7 Å². The van der Waals surface area contributed by atoms with Crippen LogP contribution in [0.25, 0.3) is 0 Å². The van der Waals surface area contributed by atoms with E-state index in [1.165, 1.54) is 24.3 Å². The predicted molar refractivity (Wildman–Crippen MR) is 71.6 cm³/mol. The quantitative estimate of drug-likeness (QED) is 0.722. The Balaban J connectivity index is 2.72. The summed E-state index contributed by atoms with van der Waals surface area (Å²) >= 11 is 0. The molecule has 116 valence electrons. The van der Waals surface area contributed by atoms with Crippen LogP contribution in [0.1, 0.15) is 19.8 Å². The third-order valence-electron chi connectivity index (χ3n) is 2.53. The van der Waals surface area contributed by atoms with Gasteiger partial charge in [-0.15, -0.1) is 0 Å². The largest absolute Gasteiger partial charge is 0.480 e. The number of halogens is 2. The smallest absolute Gasteiger partial charge is 0.387 e. The second-order valence-electron chi connectivity index (χ2n) is 4.15. The molecule has 8 heteroatoms. The number of hydrogen-bond donors (Lipinski definition) is 3. The number of carboxylic acid groups (broad SMARTS) is 1. The molecule has 3 N–H and O–H groups in total. The van der Waals surface area contributed by atoms with Crippen molar-refractivity contribution in [2.75, 3.05) is 5.32 Å². The molecule has 0 saturated heterocycles. The van der Waals surface area contributed by atoms with Crippen molar-refractivity contribution in [1.29, 1.82) is 0 Å². The van der Waals surface area contributed by atoms with E-state index >= 15 is 0 Å². The van der Waals surface area contributed by atoms with Crippen LogP contribution in [0.5, 0.6) is 5.75 Å². The molecule has 0 aromatic heterocycles. The number of benzene rings is 1. The van der Waals surface area contributed by atoms with Crippen LogP contribution in [0.3, 0.4) is 0 Å². The molecule has 1 unspecified atom stereocenters. The molecule has 1 rings (SSSR count). The van der Waals surface area contributed by atoms with Crippen molar-refractivity contribution in [1.82, 2.24) is 5.32 Å². The average Bonchev–Trinajstić information content (AvgIpc) is 2.39. The zero-order valence-electron chi connectivity index (χ0n) is 11.3. The Kier molecular flexibility index (Phi) is 6.38. The van der Waals surface area contributed by atoms with Crippen LogP contribution in [-0.4, -0.2) is 29.8 Å². The Labute approximate surface area is 120 Å². The molecule has 0 aliphatic rings. The van der Waals surface area contributed by atoms with Gasteiger partial charge in [0.2, 0.25) is 0 Å². The average molecular weight is 302 g/mol. The predicted octanol–water partition coefficient (Wildman–Crippen LogP) is 2.66. The topological polar surface area (TPSA) is 87.7 Å². The number of aliphatic carboxylic acids is 1. The summed E-state index contributed by atoms with van der Waals surface area (Å²) in [6.45, 7) is -1.25. The van der Waals surface area contributed by atoms with Crippen molar-refractivity contribution in [2.45, 2.75) is 32.4 Å². The van der Waals surface area contributed by atoms with Crippen molar-refractivity contribution < 1.29 is 28.2 Å². The minimum Gasteiger partial charge on any atom is -0.480 e. The first kappa shape index (κ1) is 16.7.